The summed E-state index contributed by atoms with van der Waals surface area (Å²) in [5.74, 6) is -0.671. The van der Waals surface area contributed by atoms with Crippen LogP contribution in [0.1, 0.15) is 27.2 Å². The summed E-state index contributed by atoms with van der Waals surface area (Å²) in [6.45, 7) is 4.03. The van der Waals surface area contributed by atoms with E-state index in [0.717, 1.165) is 5.56 Å². The van der Waals surface area contributed by atoms with E-state index in [1.807, 2.05) is 16.8 Å². The molecule has 0 aliphatic carbocycles. The molecule has 2 rings (SSSR count). The Morgan fingerprint density at radius 1 is 1.44 bits per heavy atom. The second-order valence-electron chi connectivity index (χ2n) is 3.92. The fourth-order valence-corrected chi connectivity index (χ4v) is 2.24. The summed E-state index contributed by atoms with van der Waals surface area (Å²) < 4.78 is 0. The lowest BCUT2D eigenvalue weighted by Crippen LogP contribution is -2.12. The predicted molar refractivity (Wildman–Crippen MR) is 70.1 cm³/mol. The van der Waals surface area contributed by atoms with Crippen LogP contribution in [0.3, 0.4) is 0 Å². The van der Waals surface area contributed by atoms with Gasteiger partial charge in [0.1, 0.15) is 5.56 Å². The van der Waals surface area contributed by atoms with Gasteiger partial charge in [-0.3, -0.25) is 0 Å². The van der Waals surface area contributed by atoms with E-state index in [4.69, 9.17) is 0 Å². The molecule has 2 heterocycles. The number of aryl methyl sites for hydroxylation is 1. The number of nitrogens with zero attached hydrogens (tertiary/aromatic N) is 2. The van der Waals surface area contributed by atoms with Gasteiger partial charge in [0.2, 0.25) is 0 Å². The minimum absolute atomic E-state index is 0.192. The molecular weight excluding hydrogens is 250 g/mol. The van der Waals surface area contributed by atoms with Crippen LogP contribution in [-0.4, -0.2) is 21.3 Å². The molecule has 0 bridgehead atoms. The molecule has 2 aromatic rings. The third-order valence-corrected chi connectivity index (χ3v) is 3.44. The molecule has 0 atom stereocenters. The van der Waals surface area contributed by atoms with E-state index < -0.39 is 5.97 Å². The first-order chi connectivity index (χ1) is 8.59. The third kappa shape index (κ3) is 2.48. The van der Waals surface area contributed by atoms with E-state index in [1.165, 1.54) is 0 Å². The fraction of sp³-hybridized carbons (Fsp3) is 0.250. The Kier molecular flexibility index (Phi) is 3.57. The first kappa shape index (κ1) is 12.5. The summed E-state index contributed by atoms with van der Waals surface area (Å²) >= 11 is 1.60. The summed E-state index contributed by atoms with van der Waals surface area (Å²) in [7, 11) is 0. The molecule has 0 saturated carbocycles. The number of hydrogen-bond donors (Lipinski definition) is 2. The van der Waals surface area contributed by atoms with Crippen molar-refractivity contribution in [1.82, 2.24) is 10.2 Å². The van der Waals surface area contributed by atoms with Gasteiger partial charge in [-0.1, -0.05) is 0 Å². The minimum atomic E-state index is -0.988. The number of rotatable bonds is 4. The van der Waals surface area contributed by atoms with Gasteiger partial charge >= 0.3 is 5.97 Å². The molecule has 2 aromatic heterocycles. The second-order valence-corrected chi connectivity index (χ2v) is 4.70. The largest absolute Gasteiger partial charge is 0.478 e. The van der Waals surface area contributed by atoms with Gasteiger partial charge in [0.15, 0.2) is 5.82 Å². The van der Waals surface area contributed by atoms with Crippen LogP contribution in [-0.2, 0) is 6.54 Å². The van der Waals surface area contributed by atoms with Crippen LogP contribution < -0.4 is 5.32 Å². The first-order valence-electron chi connectivity index (χ1n) is 5.41. The van der Waals surface area contributed by atoms with Crippen LogP contribution in [0.15, 0.2) is 16.8 Å². The normalized spacial score (nSPS) is 10.3. The zero-order chi connectivity index (χ0) is 13.1. The Bertz CT molecular complexity index is 567. The molecule has 0 spiro atoms. The molecule has 0 saturated heterocycles. The maximum Gasteiger partial charge on any atom is 0.339 e. The Morgan fingerprint density at radius 2 is 2.22 bits per heavy atom. The van der Waals surface area contributed by atoms with Gasteiger partial charge in [-0.2, -0.15) is 16.4 Å². The van der Waals surface area contributed by atoms with Crippen molar-refractivity contribution in [2.45, 2.75) is 20.4 Å². The van der Waals surface area contributed by atoms with Crippen molar-refractivity contribution in [3.8, 4) is 0 Å². The highest BCUT2D eigenvalue weighted by Crippen LogP contribution is 2.19. The summed E-state index contributed by atoms with van der Waals surface area (Å²) in [6.07, 6.45) is 0. The van der Waals surface area contributed by atoms with E-state index in [0.29, 0.717) is 23.6 Å². The van der Waals surface area contributed by atoms with E-state index >= 15 is 0 Å². The average molecular weight is 263 g/mol. The number of carboxylic acid groups (broad SMARTS) is 1. The lowest BCUT2D eigenvalue weighted by atomic mass is 10.1. The average Bonchev–Trinajstić information content (AvgIpc) is 2.83. The maximum atomic E-state index is 11.3. The van der Waals surface area contributed by atoms with Gasteiger partial charge in [0, 0.05) is 6.54 Å². The van der Waals surface area contributed by atoms with Crippen LogP contribution in [0, 0.1) is 13.8 Å². The summed E-state index contributed by atoms with van der Waals surface area (Å²) in [6, 6.07) is 1.98. The van der Waals surface area contributed by atoms with Crippen LogP contribution in [0.2, 0.25) is 0 Å². The number of aromatic nitrogens is 2. The highest BCUT2D eigenvalue weighted by atomic mass is 32.1. The number of aromatic carboxylic acids is 1. The van der Waals surface area contributed by atoms with Gasteiger partial charge in [0.05, 0.1) is 5.69 Å². The van der Waals surface area contributed by atoms with Crippen molar-refractivity contribution in [3.63, 3.8) is 0 Å². The lowest BCUT2D eigenvalue weighted by molar-refractivity contribution is 0.0696. The van der Waals surface area contributed by atoms with Crippen molar-refractivity contribution in [3.05, 3.63) is 39.2 Å². The zero-order valence-electron chi connectivity index (χ0n) is 10.1. The highest BCUT2D eigenvalue weighted by Gasteiger charge is 2.17. The van der Waals surface area contributed by atoms with E-state index in [2.05, 4.69) is 15.5 Å². The quantitative estimate of drug-likeness (QED) is 0.886. The lowest BCUT2D eigenvalue weighted by Gasteiger charge is -2.10. The minimum Gasteiger partial charge on any atom is -0.478 e. The summed E-state index contributed by atoms with van der Waals surface area (Å²) in [5.41, 5.74) is 2.56. The molecule has 6 heteroatoms. The van der Waals surface area contributed by atoms with Gasteiger partial charge in [-0.25, -0.2) is 4.79 Å². The summed E-state index contributed by atoms with van der Waals surface area (Å²) in [5, 5.41) is 24.1. The first-order valence-corrected chi connectivity index (χ1v) is 6.36. The number of carbonyl (C=O) groups is 1. The Balaban J connectivity index is 2.27. The van der Waals surface area contributed by atoms with E-state index in [1.54, 1.807) is 25.2 Å². The van der Waals surface area contributed by atoms with Crippen LogP contribution >= 0.6 is 11.3 Å². The van der Waals surface area contributed by atoms with Crippen molar-refractivity contribution < 1.29 is 9.90 Å². The molecule has 0 aliphatic rings. The number of nitrogens with one attached hydrogen (secondary N) is 1. The monoisotopic (exact) mass is 263 g/mol. The second kappa shape index (κ2) is 5.14. The zero-order valence-corrected chi connectivity index (χ0v) is 10.9. The van der Waals surface area contributed by atoms with Gasteiger partial charge in [0.25, 0.3) is 0 Å². The van der Waals surface area contributed by atoms with Crippen LogP contribution in [0.25, 0.3) is 0 Å². The number of anilines is 1. The maximum absolute atomic E-state index is 11.3. The molecule has 0 aliphatic heterocycles. The Hall–Kier alpha value is -1.95. The number of carboxylic acids is 1. The predicted octanol–water partition coefficient (Wildman–Crippen LogP) is 2.47. The standard InChI is InChI=1S/C12H13N3O2S/c1-7-8(2)14-15-11(10(7)12(16)17)13-5-9-3-4-18-6-9/h3-4,6H,5H2,1-2H3,(H,13,15)(H,16,17). The van der Waals surface area contributed by atoms with Gasteiger partial charge < -0.3 is 10.4 Å². The van der Waals surface area contributed by atoms with Crippen molar-refractivity contribution in [2.24, 2.45) is 0 Å². The van der Waals surface area contributed by atoms with Crippen LogP contribution in [0.4, 0.5) is 5.82 Å². The molecule has 0 unspecified atom stereocenters. The highest BCUT2D eigenvalue weighted by molar-refractivity contribution is 7.07. The topological polar surface area (TPSA) is 75.1 Å². The molecule has 0 aromatic carbocycles. The SMILES string of the molecule is Cc1nnc(NCc2ccsc2)c(C(=O)O)c1C. The molecular formula is C12H13N3O2S. The number of thiophene rings is 1. The molecule has 0 radical (unpaired) electrons. The Labute approximate surface area is 109 Å². The van der Waals surface area contributed by atoms with Crippen molar-refractivity contribution in [1.29, 1.82) is 0 Å². The van der Waals surface area contributed by atoms with Crippen molar-refractivity contribution >= 4 is 23.1 Å². The van der Waals surface area contributed by atoms with Gasteiger partial charge in [-0.15, -0.1) is 5.10 Å². The van der Waals surface area contributed by atoms with Crippen molar-refractivity contribution in [2.75, 3.05) is 5.32 Å². The fourth-order valence-electron chi connectivity index (χ4n) is 1.57. The van der Waals surface area contributed by atoms with E-state index in [-0.39, 0.29) is 5.56 Å². The summed E-state index contributed by atoms with van der Waals surface area (Å²) in [4.78, 5) is 11.3. The Morgan fingerprint density at radius 3 is 2.83 bits per heavy atom. The third-order valence-electron chi connectivity index (χ3n) is 2.71. The molecule has 0 fully saturated rings. The van der Waals surface area contributed by atoms with Crippen LogP contribution in [0.5, 0.6) is 0 Å². The molecule has 0 amide bonds. The smallest absolute Gasteiger partial charge is 0.339 e. The number of hydrogen-bond acceptors (Lipinski definition) is 5. The molecule has 18 heavy (non-hydrogen) atoms. The van der Waals surface area contributed by atoms with Gasteiger partial charge in [-0.05, 0) is 41.8 Å². The molecule has 5 nitrogen and oxygen atoms in total. The molecule has 2 N–H and O–H groups in total. The van der Waals surface area contributed by atoms with E-state index in [9.17, 15) is 9.90 Å². The molecule has 94 valence electrons.